The average Bonchev–Trinajstić information content (AvgIpc) is 2.50. The summed E-state index contributed by atoms with van der Waals surface area (Å²) < 4.78 is 5.79. The Balaban J connectivity index is 1.97. The van der Waals surface area contributed by atoms with E-state index in [1.54, 1.807) is 30.0 Å². The Morgan fingerprint density at radius 3 is 2.62 bits per heavy atom. The van der Waals surface area contributed by atoms with E-state index < -0.39 is 0 Å². The Labute approximate surface area is 137 Å². The molecule has 0 aromatic heterocycles. The van der Waals surface area contributed by atoms with E-state index in [0.717, 1.165) is 4.47 Å². The van der Waals surface area contributed by atoms with Crippen LogP contribution in [0.5, 0.6) is 0 Å². The van der Waals surface area contributed by atoms with Gasteiger partial charge < -0.3 is 9.64 Å². The molecule has 1 saturated heterocycles. The van der Waals surface area contributed by atoms with Gasteiger partial charge in [0.1, 0.15) is 0 Å². The SMILES string of the molecule is CCOC(=O)C1CCN(C(=O)c2ccc(Br)c(Cl)c2)CC1. The molecular formula is C15H17BrClNO3. The van der Waals surface area contributed by atoms with Crippen LogP contribution >= 0.6 is 27.5 Å². The minimum atomic E-state index is -0.156. The third-order valence-electron chi connectivity index (χ3n) is 3.57. The highest BCUT2D eigenvalue weighted by atomic mass is 79.9. The molecule has 21 heavy (non-hydrogen) atoms. The predicted molar refractivity (Wildman–Crippen MR) is 84.4 cm³/mol. The van der Waals surface area contributed by atoms with Crippen molar-refractivity contribution in [2.75, 3.05) is 19.7 Å². The summed E-state index contributed by atoms with van der Waals surface area (Å²) >= 11 is 9.32. The summed E-state index contributed by atoms with van der Waals surface area (Å²) in [4.78, 5) is 25.8. The van der Waals surface area contributed by atoms with Crippen LogP contribution in [0.3, 0.4) is 0 Å². The van der Waals surface area contributed by atoms with E-state index in [1.165, 1.54) is 0 Å². The number of hydrogen-bond donors (Lipinski definition) is 0. The maximum absolute atomic E-state index is 12.4. The third kappa shape index (κ3) is 3.98. The number of benzene rings is 1. The van der Waals surface area contributed by atoms with Crippen molar-refractivity contribution in [2.24, 2.45) is 5.92 Å². The van der Waals surface area contributed by atoms with Crippen molar-refractivity contribution in [3.8, 4) is 0 Å². The lowest BCUT2D eigenvalue weighted by Gasteiger charge is -2.31. The van der Waals surface area contributed by atoms with E-state index >= 15 is 0 Å². The zero-order valence-corrected chi connectivity index (χ0v) is 14.1. The summed E-state index contributed by atoms with van der Waals surface area (Å²) in [6.45, 7) is 3.33. The molecule has 0 unspecified atom stereocenters. The Hall–Kier alpha value is -1.07. The van der Waals surface area contributed by atoms with Crippen LogP contribution in [0.1, 0.15) is 30.1 Å². The van der Waals surface area contributed by atoms with Gasteiger partial charge in [0, 0.05) is 23.1 Å². The Kier molecular flexibility index (Phi) is 5.65. The van der Waals surface area contributed by atoms with E-state index in [0.29, 0.717) is 43.1 Å². The molecule has 2 rings (SSSR count). The number of carbonyl (C=O) groups is 2. The van der Waals surface area contributed by atoms with E-state index in [-0.39, 0.29) is 17.8 Å². The monoisotopic (exact) mass is 373 g/mol. The Morgan fingerprint density at radius 2 is 2.05 bits per heavy atom. The van der Waals surface area contributed by atoms with Crippen LogP contribution in [0.4, 0.5) is 0 Å². The lowest BCUT2D eigenvalue weighted by molar-refractivity contribution is -0.149. The summed E-state index contributed by atoms with van der Waals surface area (Å²) in [7, 11) is 0. The van der Waals surface area contributed by atoms with E-state index in [2.05, 4.69) is 15.9 Å². The standard InChI is InChI=1S/C15H17BrClNO3/c1-2-21-15(20)10-5-7-18(8-6-10)14(19)11-3-4-12(16)13(17)9-11/h3-4,9-10H,2,5-8H2,1H3. The first-order valence-electron chi connectivity index (χ1n) is 6.94. The number of piperidine rings is 1. The molecule has 4 nitrogen and oxygen atoms in total. The van der Waals surface area contributed by atoms with Gasteiger partial charge in [0.05, 0.1) is 17.5 Å². The van der Waals surface area contributed by atoms with E-state index in [1.807, 2.05) is 0 Å². The normalized spacial score (nSPS) is 15.9. The van der Waals surface area contributed by atoms with Crippen LogP contribution in [-0.4, -0.2) is 36.5 Å². The highest BCUT2D eigenvalue weighted by Crippen LogP contribution is 2.25. The Morgan fingerprint density at radius 1 is 1.38 bits per heavy atom. The maximum Gasteiger partial charge on any atom is 0.309 e. The molecule has 1 aliphatic rings. The lowest BCUT2D eigenvalue weighted by Crippen LogP contribution is -2.40. The second-order valence-corrected chi connectivity index (χ2v) is 6.21. The first-order chi connectivity index (χ1) is 10.0. The summed E-state index contributed by atoms with van der Waals surface area (Å²) in [6, 6.07) is 5.17. The van der Waals surface area contributed by atoms with Crippen LogP contribution in [0.25, 0.3) is 0 Å². The number of amides is 1. The molecule has 0 saturated carbocycles. The van der Waals surface area contributed by atoms with Gasteiger partial charge in [-0.1, -0.05) is 11.6 Å². The third-order valence-corrected chi connectivity index (χ3v) is 4.80. The molecule has 1 amide bonds. The number of likely N-dealkylation sites (tertiary alicyclic amines) is 1. The van der Waals surface area contributed by atoms with Crippen LogP contribution in [0.15, 0.2) is 22.7 Å². The second kappa shape index (κ2) is 7.27. The number of halogens is 2. The molecule has 0 bridgehead atoms. The van der Waals surface area contributed by atoms with Crippen molar-refractivity contribution >= 4 is 39.4 Å². The highest BCUT2D eigenvalue weighted by molar-refractivity contribution is 9.10. The van der Waals surface area contributed by atoms with Crippen molar-refractivity contribution in [2.45, 2.75) is 19.8 Å². The van der Waals surface area contributed by atoms with E-state index in [4.69, 9.17) is 16.3 Å². The second-order valence-electron chi connectivity index (χ2n) is 4.95. The molecule has 0 radical (unpaired) electrons. The predicted octanol–water partition coefficient (Wildman–Crippen LogP) is 3.52. The first kappa shape index (κ1) is 16.3. The van der Waals surface area contributed by atoms with Gasteiger partial charge in [-0.3, -0.25) is 9.59 Å². The van der Waals surface area contributed by atoms with Gasteiger partial charge in [-0.25, -0.2) is 0 Å². The van der Waals surface area contributed by atoms with Gasteiger partial charge in [-0.15, -0.1) is 0 Å². The van der Waals surface area contributed by atoms with Gasteiger partial charge in [-0.05, 0) is 53.9 Å². The zero-order valence-electron chi connectivity index (χ0n) is 11.8. The number of rotatable bonds is 3. The van der Waals surface area contributed by atoms with Gasteiger partial charge >= 0.3 is 5.97 Å². The lowest BCUT2D eigenvalue weighted by atomic mass is 9.96. The first-order valence-corrected chi connectivity index (χ1v) is 8.11. The quantitative estimate of drug-likeness (QED) is 0.761. The maximum atomic E-state index is 12.4. The van der Waals surface area contributed by atoms with Gasteiger partial charge in [-0.2, -0.15) is 0 Å². The topological polar surface area (TPSA) is 46.6 Å². The van der Waals surface area contributed by atoms with Gasteiger partial charge in [0.15, 0.2) is 0 Å². The Bertz CT molecular complexity index is 542. The molecule has 6 heteroatoms. The molecule has 0 spiro atoms. The van der Waals surface area contributed by atoms with Crippen molar-refractivity contribution in [3.63, 3.8) is 0 Å². The minimum absolute atomic E-state index is 0.0493. The smallest absolute Gasteiger partial charge is 0.309 e. The molecule has 1 aromatic rings. The van der Waals surface area contributed by atoms with Crippen molar-refractivity contribution in [1.29, 1.82) is 0 Å². The molecule has 1 heterocycles. The fraction of sp³-hybridized carbons (Fsp3) is 0.467. The number of hydrogen-bond acceptors (Lipinski definition) is 3. The van der Waals surface area contributed by atoms with Gasteiger partial charge in [0.25, 0.3) is 5.91 Å². The molecule has 0 N–H and O–H groups in total. The van der Waals surface area contributed by atoms with Crippen LogP contribution < -0.4 is 0 Å². The molecular weight excluding hydrogens is 358 g/mol. The number of esters is 1. The summed E-state index contributed by atoms with van der Waals surface area (Å²) in [5, 5.41) is 0.516. The molecule has 1 aliphatic heterocycles. The summed E-state index contributed by atoms with van der Waals surface area (Å²) in [5.41, 5.74) is 0.567. The van der Waals surface area contributed by atoms with Crippen molar-refractivity contribution in [1.82, 2.24) is 4.90 Å². The molecule has 0 aliphatic carbocycles. The van der Waals surface area contributed by atoms with Crippen LogP contribution in [0, 0.1) is 5.92 Å². The fourth-order valence-electron chi connectivity index (χ4n) is 2.39. The summed E-state index contributed by atoms with van der Waals surface area (Å²) in [6.07, 6.45) is 1.30. The average molecular weight is 375 g/mol. The van der Waals surface area contributed by atoms with Crippen molar-refractivity contribution < 1.29 is 14.3 Å². The number of nitrogens with zero attached hydrogens (tertiary/aromatic N) is 1. The largest absolute Gasteiger partial charge is 0.466 e. The number of ether oxygens (including phenoxy) is 1. The van der Waals surface area contributed by atoms with Gasteiger partial charge in [0.2, 0.25) is 0 Å². The molecule has 0 atom stereocenters. The van der Waals surface area contributed by atoms with Crippen LogP contribution in [-0.2, 0) is 9.53 Å². The minimum Gasteiger partial charge on any atom is -0.466 e. The zero-order chi connectivity index (χ0) is 15.4. The van der Waals surface area contributed by atoms with Crippen LogP contribution in [0.2, 0.25) is 5.02 Å². The fourth-order valence-corrected chi connectivity index (χ4v) is 2.82. The van der Waals surface area contributed by atoms with Crippen molar-refractivity contribution in [3.05, 3.63) is 33.3 Å². The molecule has 1 aromatic carbocycles. The molecule has 114 valence electrons. The molecule has 1 fully saturated rings. The number of carbonyl (C=O) groups excluding carboxylic acids is 2. The van der Waals surface area contributed by atoms with E-state index in [9.17, 15) is 9.59 Å². The summed E-state index contributed by atoms with van der Waals surface area (Å²) in [5.74, 6) is -0.300. The highest BCUT2D eigenvalue weighted by Gasteiger charge is 2.28.